The summed E-state index contributed by atoms with van der Waals surface area (Å²) in [5.41, 5.74) is 1.79. The predicted molar refractivity (Wildman–Crippen MR) is 85.6 cm³/mol. The van der Waals surface area contributed by atoms with Gasteiger partial charge in [-0.1, -0.05) is 0 Å². The fourth-order valence-electron chi connectivity index (χ4n) is 1.94. The van der Waals surface area contributed by atoms with E-state index in [1.54, 1.807) is 0 Å². The molecule has 0 unspecified atom stereocenters. The Bertz CT molecular complexity index is 714. The number of aliphatic carboxylic acids is 1. The molecule has 3 rings (SSSR count). The van der Waals surface area contributed by atoms with Crippen LogP contribution in [-0.4, -0.2) is 51.2 Å². The molecule has 1 atom stereocenters. The van der Waals surface area contributed by atoms with Crippen LogP contribution in [0.2, 0.25) is 0 Å². The summed E-state index contributed by atoms with van der Waals surface area (Å²) in [6, 6.07) is 5.12. The standard InChI is InChI=1S/C13H13N3O3S2/c17-4-3-14-7-1-2-8-10(5-7)21-12(15-8)11-16-9(6-20-11)13(18)19/h1-2,5,9,14,17H,3-4,6H2,(H,18,19)/t9-/m0/s1. The number of thioether (sulfide) groups is 1. The normalized spacial score (nSPS) is 18.0. The summed E-state index contributed by atoms with van der Waals surface area (Å²) in [5.74, 6) is -0.432. The van der Waals surface area contributed by atoms with Gasteiger partial charge in [0.2, 0.25) is 0 Å². The molecule has 6 nitrogen and oxygen atoms in total. The highest BCUT2D eigenvalue weighted by Gasteiger charge is 2.26. The number of carboxylic acid groups (broad SMARTS) is 1. The molecule has 0 saturated carbocycles. The number of rotatable bonds is 5. The van der Waals surface area contributed by atoms with Crippen molar-refractivity contribution >= 4 is 50.0 Å². The van der Waals surface area contributed by atoms with Crippen LogP contribution in [0.1, 0.15) is 5.01 Å². The number of nitrogens with one attached hydrogen (secondary N) is 1. The Hall–Kier alpha value is -1.64. The van der Waals surface area contributed by atoms with Crippen LogP contribution in [0.15, 0.2) is 23.2 Å². The Morgan fingerprint density at radius 1 is 1.48 bits per heavy atom. The Kier molecular flexibility index (Phi) is 4.09. The molecule has 3 N–H and O–H groups in total. The third-order valence-corrected chi connectivity index (χ3v) is 5.16. The summed E-state index contributed by atoms with van der Waals surface area (Å²) in [5, 5.41) is 22.4. The molecule has 0 aliphatic carbocycles. The van der Waals surface area contributed by atoms with Crippen LogP contribution in [0.25, 0.3) is 10.2 Å². The predicted octanol–water partition coefficient (Wildman–Crippen LogP) is 1.65. The quantitative estimate of drug-likeness (QED) is 0.774. The first kappa shape index (κ1) is 14.3. The molecule has 0 fully saturated rings. The molecule has 1 aliphatic heterocycles. The maximum absolute atomic E-state index is 10.9. The minimum Gasteiger partial charge on any atom is -0.480 e. The molecule has 8 heteroatoms. The van der Waals surface area contributed by atoms with Crippen molar-refractivity contribution in [2.45, 2.75) is 6.04 Å². The number of aromatic nitrogens is 1. The second-order valence-corrected chi connectivity index (χ2v) is 6.49. The van der Waals surface area contributed by atoms with Crippen LogP contribution < -0.4 is 5.32 Å². The van der Waals surface area contributed by atoms with E-state index >= 15 is 0 Å². The fourth-order valence-corrected chi connectivity index (χ4v) is 4.05. The summed E-state index contributed by atoms with van der Waals surface area (Å²) >= 11 is 2.93. The van der Waals surface area contributed by atoms with Gasteiger partial charge in [0.15, 0.2) is 6.04 Å². The van der Waals surface area contributed by atoms with Crippen molar-refractivity contribution in [2.24, 2.45) is 4.99 Å². The van der Waals surface area contributed by atoms with E-state index < -0.39 is 12.0 Å². The second-order valence-electron chi connectivity index (χ2n) is 4.45. The highest BCUT2D eigenvalue weighted by Crippen LogP contribution is 2.31. The number of benzene rings is 1. The minimum atomic E-state index is -0.894. The topological polar surface area (TPSA) is 94.8 Å². The van der Waals surface area contributed by atoms with Crippen molar-refractivity contribution in [1.29, 1.82) is 0 Å². The lowest BCUT2D eigenvalue weighted by atomic mass is 10.3. The van der Waals surface area contributed by atoms with Gasteiger partial charge >= 0.3 is 5.97 Å². The van der Waals surface area contributed by atoms with Gasteiger partial charge in [0.1, 0.15) is 10.1 Å². The van der Waals surface area contributed by atoms with Crippen LogP contribution >= 0.6 is 23.1 Å². The van der Waals surface area contributed by atoms with E-state index in [4.69, 9.17) is 10.2 Å². The number of thiazole rings is 1. The van der Waals surface area contributed by atoms with Gasteiger partial charge in [-0.3, -0.25) is 4.99 Å². The van der Waals surface area contributed by atoms with Gasteiger partial charge in [0.05, 0.1) is 16.8 Å². The lowest BCUT2D eigenvalue weighted by Crippen LogP contribution is -2.17. The van der Waals surface area contributed by atoms with Crippen molar-refractivity contribution in [3.05, 3.63) is 23.2 Å². The van der Waals surface area contributed by atoms with Crippen LogP contribution in [0.5, 0.6) is 0 Å². The molecular weight excluding hydrogens is 310 g/mol. The zero-order valence-corrected chi connectivity index (χ0v) is 12.6. The van der Waals surface area contributed by atoms with Gasteiger partial charge in [-0.15, -0.1) is 23.1 Å². The van der Waals surface area contributed by atoms with E-state index in [0.29, 0.717) is 17.3 Å². The highest BCUT2D eigenvalue weighted by atomic mass is 32.2. The van der Waals surface area contributed by atoms with Crippen LogP contribution in [0, 0.1) is 0 Å². The van der Waals surface area contributed by atoms with Crippen LogP contribution in [-0.2, 0) is 4.79 Å². The molecule has 110 valence electrons. The van der Waals surface area contributed by atoms with Gasteiger partial charge in [0.25, 0.3) is 0 Å². The van der Waals surface area contributed by atoms with Crippen molar-refractivity contribution in [2.75, 3.05) is 24.2 Å². The second kappa shape index (κ2) is 6.00. The summed E-state index contributed by atoms with van der Waals surface area (Å²) in [7, 11) is 0. The van der Waals surface area contributed by atoms with E-state index in [2.05, 4.69) is 15.3 Å². The van der Waals surface area contributed by atoms with Gasteiger partial charge < -0.3 is 15.5 Å². The zero-order valence-electron chi connectivity index (χ0n) is 10.9. The van der Waals surface area contributed by atoms with Crippen molar-refractivity contribution in [3.63, 3.8) is 0 Å². The zero-order chi connectivity index (χ0) is 14.8. The third kappa shape index (κ3) is 3.02. The SMILES string of the molecule is O=C(O)[C@@H]1CSC(c2nc3ccc(NCCO)cc3s2)=N1. The number of anilines is 1. The number of carbonyl (C=O) groups is 1. The lowest BCUT2D eigenvalue weighted by Gasteiger charge is -2.02. The molecule has 1 aromatic heterocycles. The minimum absolute atomic E-state index is 0.0794. The molecule has 1 aromatic carbocycles. The summed E-state index contributed by atoms with van der Waals surface area (Å²) in [4.78, 5) is 19.6. The number of hydrogen-bond donors (Lipinski definition) is 3. The van der Waals surface area contributed by atoms with Crippen LogP contribution in [0.4, 0.5) is 5.69 Å². The summed E-state index contributed by atoms with van der Waals surface area (Å²) < 4.78 is 1.01. The number of nitrogens with zero attached hydrogens (tertiary/aromatic N) is 2. The average Bonchev–Trinajstić information content (AvgIpc) is 3.10. The Morgan fingerprint density at radius 3 is 3.05 bits per heavy atom. The number of hydrogen-bond acceptors (Lipinski definition) is 7. The molecule has 1 aliphatic rings. The van der Waals surface area contributed by atoms with E-state index in [0.717, 1.165) is 20.9 Å². The molecule has 0 radical (unpaired) electrons. The van der Waals surface area contributed by atoms with E-state index in [-0.39, 0.29) is 6.61 Å². The molecule has 0 amide bonds. The maximum Gasteiger partial charge on any atom is 0.329 e. The molecule has 2 aromatic rings. The number of carboxylic acids is 1. The van der Waals surface area contributed by atoms with Gasteiger partial charge in [0, 0.05) is 18.0 Å². The molecule has 2 heterocycles. The first-order valence-electron chi connectivity index (χ1n) is 6.36. The van der Waals surface area contributed by atoms with Gasteiger partial charge in [-0.2, -0.15) is 0 Å². The Morgan fingerprint density at radius 2 is 2.33 bits per heavy atom. The number of aliphatic hydroxyl groups excluding tert-OH is 1. The van der Waals surface area contributed by atoms with Crippen molar-refractivity contribution in [3.8, 4) is 0 Å². The van der Waals surface area contributed by atoms with Gasteiger partial charge in [-0.25, -0.2) is 9.78 Å². The maximum atomic E-state index is 10.9. The lowest BCUT2D eigenvalue weighted by molar-refractivity contribution is -0.137. The molecule has 0 spiro atoms. The van der Waals surface area contributed by atoms with Crippen LogP contribution in [0.3, 0.4) is 0 Å². The smallest absolute Gasteiger partial charge is 0.329 e. The van der Waals surface area contributed by atoms with E-state index in [1.165, 1.54) is 23.1 Å². The molecule has 0 bridgehead atoms. The number of aliphatic imine (C=N–C) groups is 1. The Labute approximate surface area is 128 Å². The number of fused-ring (bicyclic) bond motifs is 1. The van der Waals surface area contributed by atoms with Crippen molar-refractivity contribution in [1.82, 2.24) is 4.98 Å². The molecule has 0 saturated heterocycles. The monoisotopic (exact) mass is 323 g/mol. The average molecular weight is 323 g/mol. The molecule has 21 heavy (non-hydrogen) atoms. The first-order valence-corrected chi connectivity index (χ1v) is 8.16. The van der Waals surface area contributed by atoms with E-state index in [9.17, 15) is 4.79 Å². The highest BCUT2D eigenvalue weighted by molar-refractivity contribution is 8.15. The van der Waals surface area contributed by atoms with Gasteiger partial charge in [-0.05, 0) is 18.2 Å². The summed E-state index contributed by atoms with van der Waals surface area (Å²) in [6.45, 7) is 0.579. The number of aliphatic hydroxyl groups is 1. The van der Waals surface area contributed by atoms with Crippen molar-refractivity contribution < 1.29 is 15.0 Å². The third-order valence-electron chi connectivity index (χ3n) is 2.95. The first-order chi connectivity index (χ1) is 10.2. The molecular formula is C13H13N3O3S2. The van der Waals surface area contributed by atoms with E-state index in [1.807, 2.05) is 18.2 Å². The largest absolute Gasteiger partial charge is 0.480 e. The fraction of sp³-hybridized carbons (Fsp3) is 0.308. The Balaban J connectivity index is 1.87. The summed E-state index contributed by atoms with van der Waals surface area (Å²) in [6.07, 6.45) is 0.